The maximum Gasteiger partial charge on any atom is 0.201 e. The Kier molecular flexibility index (Phi) is 9.07. The van der Waals surface area contributed by atoms with Crippen molar-refractivity contribution < 1.29 is 22.3 Å². The summed E-state index contributed by atoms with van der Waals surface area (Å²) in [5.41, 5.74) is 3.17. The Morgan fingerprint density at radius 2 is 1.51 bits per heavy atom. The number of rotatable bonds is 10. The number of ether oxygens (including phenoxy) is 1. The molecule has 1 nitrogen and oxygen atoms in total. The van der Waals surface area contributed by atoms with Gasteiger partial charge < -0.3 is 4.74 Å². The standard InChI is InChI=1S/C32H34F4O/c1-3-4-5-20-37-28-19-18-27(31(35)32(28)36)24-13-8-22(9-14-24)10-15-25-16-17-26(30(34)29(25)33)23-11-6-21(2)7-12-23/h8-9,11,13-14,16-19,21H,3-7,10,12,15,20H2,1-2H3. The van der Waals surface area contributed by atoms with E-state index in [1.54, 1.807) is 36.4 Å². The molecule has 0 aromatic heterocycles. The van der Waals surface area contributed by atoms with E-state index in [1.807, 2.05) is 6.08 Å². The van der Waals surface area contributed by atoms with Crippen LogP contribution in [0.1, 0.15) is 69.1 Å². The van der Waals surface area contributed by atoms with Gasteiger partial charge in [0.05, 0.1) is 6.61 Å². The van der Waals surface area contributed by atoms with Crippen molar-refractivity contribution in [1.29, 1.82) is 0 Å². The predicted molar refractivity (Wildman–Crippen MR) is 142 cm³/mol. The number of halogens is 4. The van der Waals surface area contributed by atoms with Crippen LogP contribution in [0, 0.1) is 29.2 Å². The highest BCUT2D eigenvalue weighted by molar-refractivity contribution is 5.67. The molecule has 1 unspecified atom stereocenters. The van der Waals surface area contributed by atoms with Gasteiger partial charge in [0.25, 0.3) is 0 Å². The van der Waals surface area contributed by atoms with Gasteiger partial charge in [0.1, 0.15) is 0 Å². The van der Waals surface area contributed by atoms with E-state index in [4.69, 9.17) is 4.74 Å². The monoisotopic (exact) mass is 510 g/mol. The third kappa shape index (κ3) is 6.44. The van der Waals surface area contributed by atoms with Crippen LogP contribution in [-0.2, 0) is 12.8 Å². The van der Waals surface area contributed by atoms with E-state index in [0.717, 1.165) is 49.7 Å². The molecular weight excluding hydrogens is 476 g/mol. The van der Waals surface area contributed by atoms with Crippen LogP contribution in [0.5, 0.6) is 5.75 Å². The van der Waals surface area contributed by atoms with E-state index in [2.05, 4.69) is 13.8 Å². The van der Waals surface area contributed by atoms with Gasteiger partial charge in [0.15, 0.2) is 23.2 Å². The maximum atomic E-state index is 14.8. The number of allylic oxidation sites excluding steroid dienone is 2. The molecule has 0 heterocycles. The van der Waals surface area contributed by atoms with Gasteiger partial charge in [0.2, 0.25) is 5.82 Å². The highest BCUT2D eigenvalue weighted by atomic mass is 19.2. The second-order valence-corrected chi connectivity index (χ2v) is 10.0. The molecule has 4 rings (SSSR count). The van der Waals surface area contributed by atoms with Crippen molar-refractivity contribution in [3.63, 3.8) is 0 Å². The summed E-state index contributed by atoms with van der Waals surface area (Å²) in [5.74, 6) is -3.00. The largest absolute Gasteiger partial charge is 0.490 e. The summed E-state index contributed by atoms with van der Waals surface area (Å²) in [6, 6.07) is 13.4. The molecule has 0 radical (unpaired) electrons. The topological polar surface area (TPSA) is 9.23 Å². The summed E-state index contributed by atoms with van der Waals surface area (Å²) in [7, 11) is 0. The van der Waals surface area contributed by atoms with Crippen LogP contribution in [0.4, 0.5) is 17.6 Å². The molecule has 37 heavy (non-hydrogen) atoms. The van der Waals surface area contributed by atoms with Gasteiger partial charge in [0, 0.05) is 11.1 Å². The van der Waals surface area contributed by atoms with Gasteiger partial charge in [-0.25, -0.2) is 13.2 Å². The van der Waals surface area contributed by atoms with Crippen molar-refractivity contribution >= 4 is 5.57 Å². The minimum absolute atomic E-state index is 0.0800. The Labute approximate surface area is 217 Å². The Morgan fingerprint density at radius 1 is 0.784 bits per heavy atom. The zero-order valence-corrected chi connectivity index (χ0v) is 21.6. The molecule has 1 atom stereocenters. The van der Waals surface area contributed by atoms with Gasteiger partial charge in [-0.1, -0.05) is 69.2 Å². The summed E-state index contributed by atoms with van der Waals surface area (Å²) in [5, 5.41) is 0. The average molecular weight is 511 g/mol. The van der Waals surface area contributed by atoms with Crippen LogP contribution in [0.15, 0.2) is 54.6 Å². The van der Waals surface area contributed by atoms with Crippen molar-refractivity contribution in [2.45, 2.75) is 65.2 Å². The van der Waals surface area contributed by atoms with Crippen LogP contribution in [0.25, 0.3) is 16.7 Å². The van der Waals surface area contributed by atoms with Crippen molar-refractivity contribution in [3.8, 4) is 16.9 Å². The summed E-state index contributed by atoms with van der Waals surface area (Å²) in [6.45, 7) is 4.57. The number of benzene rings is 3. The highest BCUT2D eigenvalue weighted by Crippen LogP contribution is 2.33. The van der Waals surface area contributed by atoms with E-state index >= 15 is 0 Å². The molecule has 0 fully saturated rings. The first-order valence-electron chi connectivity index (χ1n) is 13.2. The third-order valence-corrected chi connectivity index (χ3v) is 7.18. The van der Waals surface area contributed by atoms with Crippen molar-refractivity contribution in [1.82, 2.24) is 0 Å². The molecule has 0 bridgehead atoms. The predicted octanol–water partition coefficient (Wildman–Crippen LogP) is 9.47. The first-order valence-corrected chi connectivity index (χ1v) is 13.2. The van der Waals surface area contributed by atoms with E-state index < -0.39 is 23.3 Å². The van der Waals surface area contributed by atoms with Gasteiger partial charge in [-0.3, -0.25) is 0 Å². The van der Waals surface area contributed by atoms with E-state index in [0.29, 0.717) is 42.1 Å². The molecule has 0 saturated carbocycles. The lowest BCUT2D eigenvalue weighted by Crippen LogP contribution is -2.05. The van der Waals surface area contributed by atoms with Crippen LogP contribution < -0.4 is 4.74 Å². The highest BCUT2D eigenvalue weighted by Gasteiger charge is 2.19. The SMILES string of the molecule is CCCCCOc1ccc(-c2ccc(CCc3ccc(C4=CCC(C)CC4)c(F)c3F)cc2)c(F)c1F. The molecule has 3 aromatic rings. The summed E-state index contributed by atoms with van der Waals surface area (Å²) < 4.78 is 64.3. The maximum absolute atomic E-state index is 14.8. The fourth-order valence-electron chi connectivity index (χ4n) is 4.77. The van der Waals surface area contributed by atoms with Gasteiger partial charge in [-0.2, -0.15) is 4.39 Å². The third-order valence-electron chi connectivity index (χ3n) is 7.18. The fourth-order valence-corrected chi connectivity index (χ4v) is 4.77. The molecule has 5 heteroatoms. The van der Waals surface area contributed by atoms with Gasteiger partial charge in [-0.15, -0.1) is 0 Å². The molecule has 0 N–H and O–H groups in total. The van der Waals surface area contributed by atoms with Crippen molar-refractivity contribution in [3.05, 3.63) is 94.6 Å². The lowest BCUT2D eigenvalue weighted by molar-refractivity contribution is 0.286. The fraction of sp³-hybridized carbons (Fsp3) is 0.375. The zero-order chi connectivity index (χ0) is 26.4. The number of unbranched alkanes of at least 4 members (excludes halogenated alkanes) is 2. The molecule has 0 aliphatic heterocycles. The normalized spacial score (nSPS) is 15.5. The van der Waals surface area contributed by atoms with E-state index in [1.165, 1.54) is 12.1 Å². The van der Waals surface area contributed by atoms with Crippen molar-refractivity contribution in [2.24, 2.45) is 5.92 Å². The molecule has 0 spiro atoms. The lowest BCUT2D eigenvalue weighted by atomic mass is 9.87. The van der Waals surface area contributed by atoms with E-state index in [-0.39, 0.29) is 11.3 Å². The zero-order valence-electron chi connectivity index (χ0n) is 21.6. The van der Waals surface area contributed by atoms with Gasteiger partial charge in [-0.05, 0) is 78.8 Å². The molecule has 3 aromatic carbocycles. The van der Waals surface area contributed by atoms with Crippen LogP contribution in [0.3, 0.4) is 0 Å². The van der Waals surface area contributed by atoms with Crippen LogP contribution in [0.2, 0.25) is 0 Å². The number of hydrogen-bond donors (Lipinski definition) is 0. The first kappa shape index (κ1) is 27.0. The average Bonchev–Trinajstić information content (AvgIpc) is 2.91. The number of aryl methyl sites for hydroxylation is 2. The molecule has 196 valence electrons. The summed E-state index contributed by atoms with van der Waals surface area (Å²) in [4.78, 5) is 0. The first-order chi connectivity index (χ1) is 17.9. The molecule has 1 aliphatic carbocycles. The quantitative estimate of drug-likeness (QED) is 0.195. The minimum atomic E-state index is -0.988. The minimum Gasteiger partial charge on any atom is -0.490 e. The molecule has 0 saturated heterocycles. The second-order valence-electron chi connectivity index (χ2n) is 10.0. The Morgan fingerprint density at radius 3 is 2.22 bits per heavy atom. The summed E-state index contributed by atoms with van der Waals surface area (Å²) >= 11 is 0. The van der Waals surface area contributed by atoms with Crippen LogP contribution >= 0.6 is 0 Å². The number of hydrogen-bond acceptors (Lipinski definition) is 1. The Balaban J connectivity index is 1.41. The summed E-state index contributed by atoms with van der Waals surface area (Å²) in [6.07, 6.45) is 8.28. The molecule has 1 aliphatic rings. The van der Waals surface area contributed by atoms with E-state index in [9.17, 15) is 17.6 Å². The smallest absolute Gasteiger partial charge is 0.201 e. The Bertz CT molecular complexity index is 1250. The Hall–Kier alpha value is -3.08. The lowest BCUT2D eigenvalue weighted by Gasteiger charge is -2.19. The van der Waals surface area contributed by atoms with Gasteiger partial charge >= 0.3 is 0 Å². The molecular formula is C32H34F4O. The van der Waals surface area contributed by atoms with Crippen molar-refractivity contribution in [2.75, 3.05) is 6.61 Å². The second kappa shape index (κ2) is 12.4. The van der Waals surface area contributed by atoms with Crippen LogP contribution in [-0.4, -0.2) is 6.61 Å². The molecule has 0 amide bonds.